The van der Waals surface area contributed by atoms with E-state index in [0.29, 0.717) is 16.4 Å². The summed E-state index contributed by atoms with van der Waals surface area (Å²) in [7, 11) is 3.20. The van der Waals surface area contributed by atoms with Crippen molar-refractivity contribution in [3.8, 4) is 11.5 Å². The molecule has 3 rings (SSSR count). The van der Waals surface area contributed by atoms with Gasteiger partial charge in [0.2, 0.25) is 0 Å². The van der Waals surface area contributed by atoms with E-state index in [0.717, 1.165) is 22.7 Å². The zero-order chi connectivity index (χ0) is 18.5. The highest BCUT2D eigenvalue weighted by atomic mass is 32.1. The van der Waals surface area contributed by atoms with Gasteiger partial charge in [-0.1, -0.05) is 24.3 Å². The first-order valence-corrected chi connectivity index (χ1v) is 8.96. The molecule has 3 aromatic rings. The summed E-state index contributed by atoms with van der Waals surface area (Å²) in [6.07, 6.45) is 0.762. The lowest BCUT2D eigenvalue weighted by atomic mass is 10.1. The van der Waals surface area contributed by atoms with Crippen molar-refractivity contribution in [1.82, 2.24) is 4.98 Å². The molecule has 6 heteroatoms. The second-order valence-electron chi connectivity index (χ2n) is 5.71. The lowest BCUT2D eigenvalue weighted by Crippen LogP contribution is -2.12. The number of ether oxygens (including phenoxy) is 2. The van der Waals surface area contributed by atoms with Crippen LogP contribution in [0.1, 0.15) is 26.5 Å². The minimum atomic E-state index is -0.229. The minimum Gasteiger partial charge on any atom is -0.497 e. The van der Waals surface area contributed by atoms with E-state index in [1.807, 2.05) is 37.3 Å². The summed E-state index contributed by atoms with van der Waals surface area (Å²) in [6, 6.07) is 15.1. The fourth-order valence-corrected chi connectivity index (χ4v) is 3.56. The van der Waals surface area contributed by atoms with E-state index in [2.05, 4.69) is 10.3 Å². The molecule has 1 aromatic heterocycles. The molecule has 0 fully saturated rings. The quantitative estimate of drug-likeness (QED) is 0.704. The van der Waals surface area contributed by atoms with Gasteiger partial charge >= 0.3 is 0 Å². The highest BCUT2D eigenvalue weighted by Gasteiger charge is 2.15. The number of nitrogens with one attached hydrogen (secondary N) is 1. The van der Waals surface area contributed by atoms with Gasteiger partial charge in [-0.3, -0.25) is 10.1 Å². The highest BCUT2D eigenvalue weighted by Crippen LogP contribution is 2.27. The number of hydrogen-bond donors (Lipinski definition) is 1. The SMILES string of the molecule is COc1ccc(Cc2sc(NC(=O)c3ccccc3OC)nc2C)cc1. The van der Waals surface area contributed by atoms with Crippen LogP contribution in [0.4, 0.5) is 5.13 Å². The first-order chi connectivity index (χ1) is 12.6. The van der Waals surface area contributed by atoms with Crippen LogP contribution in [0.5, 0.6) is 11.5 Å². The van der Waals surface area contributed by atoms with Crippen molar-refractivity contribution in [3.63, 3.8) is 0 Å². The molecule has 0 aliphatic rings. The molecule has 1 amide bonds. The van der Waals surface area contributed by atoms with E-state index in [1.165, 1.54) is 16.9 Å². The molecule has 0 bridgehead atoms. The fraction of sp³-hybridized carbons (Fsp3) is 0.200. The van der Waals surface area contributed by atoms with Crippen LogP contribution < -0.4 is 14.8 Å². The monoisotopic (exact) mass is 368 g/mol. The van der Waals surface area contributed by atoms with Crippen LogP contribution >= 0.6 is 11.3 Å². The number of rotatable bonds is 6. The van der Waals surface area contributed by atoms with Gasteiger partial charge < -0.3 is 9.47 Å². The van der Waals surface area contributed by atoms with Gasteiger partial charge in [-0.25, -0.2) is 4.98 Å². The molecule has 0 unspecified atom stereocenters. The number of para-hydroxylation sites is 1. The molecule has 2 aromatic carbocycles. The number of methoxy groups -OCH3 is 2. The summed E-state index contributed by atoms with van der Waals surface area (Å²) in [5, 5.41) is 3.45. The molecular formula is C20H20N2O3S. The average Bonchev–Trinajstić information content (AvgIpc) is 3.01. The maximum Gasteiger partial charge on any atom is 0.261 e. The summed E-state index contributed by atoms with van der Waals surface area (Å²) in [5.74, 6) is 1.14. The standard InChI is InChI=1S/C20H20N2O3S/c1-13-18(12-14-8-10-15(24-2)11-9-14)26-20(21-13)22-19(23)16-6-4-5-7-17(16)25-3/h4-11H,12H2,1-3H3,(H,21,22,23). The topological polar surface area (TPSA) is 60.5 Å². The van der Waals surface area contributed by atoms with Gasteiger partial charge in [0.25, 0.3) is 5.91 Å². The molecule has 0 saturated carbocycles. The molecule has 1 N–H and O–H groups in total. The van der Waals surface area contributed by atoms with E-state index in [4.69, 9.17) is 9.47 Å². The lowest BCUT2D eigenvalue weighted by Gasteiger charge is -2.07. The predicted molar refractivity (Wildman–Crippen MR) is 104 cm³/mol. The number of hydrogen-bond acceptors (Lipinski definition) is 5. The second-order valence-corrected chi connectivity index (χ2v) is 6.79. The molecule has 1 heterocycles. The summed E-state index contributed by atoms with van der Waals surface area (Å²) in [6.45, 7) is 1.95. The van der Waals surface area contributed by atoms with Crippen LogP contribution in [0, 0.1) is 6.92 Å². The zero-order valence-corrected chi connectivity index (χ0v) is 15.7. The third kappa shape index (κ3) is 4.03. The summed E-state index contributed by atoms with van der Waals surface area (Å²) in [4.78, 5) is 18.1. The van der Waals surface area contributed by atoms with Crippen molar-refractivity contribution >= 4 is 22.4 Å². The Morgan fingerprint density at radius 1 is 1.08 bits per heavy atom. The molecule has 26 heavy (non-hydrogen) atoms. The van der Waals surface area contributed by atoms with E-state index < -0.39 is 0 Å². The van der Waals surface area contributed by atoms with Gasteiger partial charge in [0.1, 0.15) is 11.5 Å². The van der Waals surface area contributed by atoms with E-state index in [1.54, 1.807) is 32.4 Å². The maximum atomic E-state index is 12.5. The number of carbonyl (C=O) groups excluding carboxylic acids is 1. The van der Waals surface area contributed by atoms with Gasteiger partial charge in [0.05, 0.1) is 25.5 Å². The Morgan fingerprint density at radius 2 is 1.81 bits per heavy atom. The average molecular weight is 368 g/mol. The minimum absolute atomic E-state index is 0.229. The third-order valence-corrected chi connectivity index (χ3v) is 5.06. The second kappa shape index (κ2) is 8.01. The predicted octanol–water partition coefficient (Wildman–Crippen LogP) is 4.31. The Labute approximate surface area is 156 Å². The van der Waals surface area contributed by atoms with Crippen molar-refractivity contribution in [3.05, 3.63) is 70.2 Å². The Bertz CT molecular complexity index is 904. The summed E-state index contributed by atoms with van der Waals surface area (Å²) < 4.78 is 10.4. The largest absolute Gasteiger partial charge is 0.497 e. The van der Waals surface area contributed by atoms with Crippen LogP contribution in [0.25, 0.3) is 0 Å². The molecule has 5 nitrogen and oxygen atoms in total. The fourth-order valence-electron chi connectivity index (χ4n) is 2.57. The number of benzene rings is 2. The Morgan fingerprint density at radius 3 is 2.50 bits per heavy atom. The Kier molecular flexibility index (Phi) is 5.53. The van der Waals surface area contributed by atoms with Gasteiger partial charge in [-0.2, -0.15) is 0 Å². The molecule has 0 radical (unpaired) electrons. The van der Waals surface area contributed by atoms with Gasteiger partial charge in [-0.15, -0.1) is 11.3 Å². The first-order valence-electron chi connectivity index (χ1n) is 8.14. The Balaban J connectivity index is 1.74. The number of amides is 1. The number of aromatic nitrogens is 1. The van der Waals surface area contributed by atoms with E-state index >= 15 is 0 Å². The van der Waals surface area contributed by atoms with E-state index in [-0.39, 0.29) is 5.91 Å². The normalized spacial score (nSPS) is 10.4. The number of carbonyl (C=O) groups is 1. The summed E-state index contributed by atoms with van der Waals surface area (Å²) in [5.41, 5.74) is 2.57. The zero-order valence-electron chi connectivity index (χ0n) is 14.9. The maximum absolute atomic E-state index is 12.5. The molecule has 0 saturated heterocycles. The summed E-state index contributed by atoms with van der Waals surface area (Å²) >= 11 is 1.49. The number of nitrogens with zero attached hydrogens (tertiary/aromatic N) is 1. The van der Waals surface area contributed by atoms with Crippen LogP contribution in [-0.4, -0.2) is 25.1 Å². The van der Waals surface area contributed by atoms with Crippen LogP contribution in [0.3, 0.4) is 0 Å². The molecule has 0 aliphatic heterocycles. The van der Waals surface area contributed by atoms with Crippen molar-refractivity contribution in [2.75, 3.05) is 19.5 Å². The molecule has 134 valence electrons. The van der Waals surface area contributed by atoms with Crippen LogP contribution in [0.2, 0.25) is 0 Å². The van der Waals surface area contributed by atoms with Crippen LogP contribution in [0.15, 0.2) is 48.5 Å². The lowest BCUT2D eigenvalue weighted by molar-refractivity contribution is 0.102. The number of anilines is 1. The van der Waals surface area contributed by atoms with Crippen molar-refractivity contribution in [2.24, 2.45) is 0 Å². The van der Waals surface area contributed by atoms with Gasteiger partial charge in [0, 0.05) is 11.3 Å². The van der Waals surface area contributed by atoms with Gasteiger partial charge in [0.15, 0.2) is 5.13 Å². The highest BCUT2D eigenvalue weighted by molar-refractivity contribution is 7.15. The first kappa shape index (κ1) is 17.9. The van der Waals surface area contributed by atoms with Crippen molar-refractivity contribution in [1.29, 1.82) is 0 Å². The number of aryl methyl sites for hydroxylation is 1. The molecule has 0 aliphatic carbocycles. The number of thiazole rings is 1. The van der Waals surface area contributed by atoms with Crippen molar-refractivity contribution < 1.29 is 14.3 Å². The molecule has 0 atom stereocenters. The molecular weight excluding hydrogens is 348 g/mol. The molecule has 0 spiro atoms. The van der Waals surface area contributed by atoms with Gasteiger partial charge in [-0.05, 0) is 36.8 Å². The third-order valence-electron chi connectivity index (χ3n) is 3.99. The van der Waals surface area contributed by atoms with Crippen LogP contribution in [-0.2, 0) is 6.42 Å². The van der Waals surface area contributed by atoms with Crippen molar-refractivity contribution in [2.45, 2.75) is 13.3 Å². The Hall–Kier alpha value is -2.86. The van der Waals surface area contributed by atoms with E-state index in [9.17, 15) is 4.79 Å². The smallest absolute Gasteiger partial charge is 0.261 e.